The van der Waals surface area contributed by atoms with Crippen molar-refractivity contribution < 1.29 is 19.0 Å². The Kier molecular flexibility index (Phi) is 6.36. The number of nitrogens with zero attached hydrogens (tertiary/aromatic N) is 2. The first-order valence-electron chi connectivity index (χ1n) is 9.22. The first-order valence-corrected chi connectivity index (χ1v) is 9.22. The van der Waals surface area contributed by atoms with Crippen molar-refractivity contribution in [2.45, 2.75) is 13.0 Å². The molecule has 0 saturated heterocycles. The monoisotopic (exact) mass is 409 g/mol. The molecule has 0 aliphatic heterocycles. The molecule has 0 bridgehead atoms. The van der Waals surface area contributed by atoms with Gasteiger partial charge in [-0.1, -0.05) is 12.6 Å². The molecule has 0 fully saturated rings. The second kappa shape index (κ2) is 9.13. The van der Waals surface area contributed by atoms with Crippen molar-refractivity contribution in [2.75, 3.05) is 26.6 Å². The smallest absolute Gasteiger partial charge is 0.261 e. The van der Waals surface area contributed by atoms with E-state index in [1.165, 1.54) is 13.4 Å². The summed E-state index contributed by atoms with van der Waals surface area (Å²) >= 11 is 0. The molecule has 3 aromatic rings. The van der Waals surface area contributed by atoms with Crippen LogP contribution < -0.4 is 25.1 Å². The lowest BCUT2D eigenvalue weighted by molar-refractivity contribution is -0.111. The zero-order chi connectivity index (χ0) is 21.7. The molecular formula is C22H23N3O5. The molecule has 0 spiro atoms. The fourth-order valence-corrected chi connectivity index (χ4v) is 3.08. The van der Waals surface area contributed by atoms with Crippen molar-refractivity contribution >= 4 is 22.5 Å². The van der Waals surface area contributed by atoms with Crippen LogP contribution in [0.5, 0.6) is 17.2 Å². The molecule has 1 amide bonds. The number of ether oxygens (including phenoxy) is 3. The van der Waals surface area contributed by atoms with E-state index in [0.717, 1.165) is 11.6 Å². The van der Waals surface area contributed by atoms with Gasteiger partial charge >= 0.3 is 0 Å². The number of aromatic nitrogens is 2. The van der Waals surface area contributed by atoms with E-state index in [1.54, 1.807) is 30.9 Å². The average molecular weight is 409 g/mol. The quantitative estimate of drug-likeness (QED) is 0.575. The zero-order valence-corrected chi connectivity index (χ0v) is 17.1. The normalized spacial score (nSPS) is 10.5. The molecule has 0 aliphatic rings. The summed E-state index contributed by atoms with van der Waals surface area (Å²) in [4.78, 5) is 28.9. The molecule has 8 heteroatoms. The van der Waals surface area contributed by atoms with Crippen LogP contribution in [0, 0.1) is 0 Å². The Bertz CT molecular complexity index is 1150. The third kappa shape index (κ3) is 4.27. The van der Waals surface area contributed by atoms with Gasteiger partial charge in [0.1, 0.15) is 5.75 Å². The molecule has 2 aromatic carbocycles. The number of hydrogen-bond acceptors (Lipinski definition) is 6. The zero-order valence-electron chi connectivity index (χ0n) is 17.1. The van der Waals surface area contributed by atoms with Crippen LogP contribution in [0.3, 0.4) is 0 Å². The van der Waals surface area contributed by atoms with Gasteiger partial charge in [0.05, 0.1) is 44.2 Å². The fraction of sp³-hybridized carbons (Fsp3) is 0.227. The van der Waals surface area contributed by atoms with Gasteiger partial charge in [-0.3, -0.25) is 14.2 Å². The van der Waals surface area contributed by atoms with Crippen LogP contribution in [0.25, 0.3) is 10.9 Å². The lowest BCUT2D eigenvalue weighted by atomic mass is 10.1. The molecule has 1 N–H and O–H groups in total. The van der Waals surface area contributed by atoms with Gasteiger partial charge in [-0.2, -0.15) is 0 Å². The molecule has 0 atom stereocenters. The summed E-state index contributed by atoms with van der Waals surface area (Å²) in [7, 11) is 4.63. The van der Waals surface area contributed by atoms with Gasteiger partial charge in [0, 0.05) is 6.54 Å². The highest BCUT2D eigenvalue weighted by atomic mass is 16.5. The molecule has 1 heterocycles. The van der Waals surface area contributed by atoms with Crippen LogP contribution in [0.2, 0.25) is 0 Å². The maximum absolute atomic E-state index is 13.0. The molecule has 0 aliphatic carbocycles. The van der Waals surface area contributed by atoms with Crippen LogP contribution in [0.1, 0.15) is 5.56 Å². The van der Waals surface area contributed by atoms with Gasteiger partial charge in [-0.05, 0) is 42.3 Å². The van der Waals surface area contributed by atoms with E-state index >= 15 is 0 Å². The van der Waals surface area contributed by atoms with Gasteiger partial charge in [-0.15, -0.1) is 0 Å². The number of carbonyl (C=O) groups is 1. The molecule has 1 aromatic heterocycles. The van der Waals surface area contributed by atoms with E-state index < -0.39 is 0 Å². The maximum Gasteiger partial charge on any atom is 0.261 e. The number of anilines is 1. The number of nitrogens with one attached hydrogen (secondary N) is 1. The van der Waals surface area contributed by atoms with Crippen LogP contribution in [0.15, 0.2) is 54.1 Å². The summed E-state index contributed by atoms with van der Waals surface area (Å²) in [6.45, 7) is 3.87. The Morgan fingerprint density at radius 2 is 1.83 bits per heavy atom. The molecule has 0 radical (unpaired) electrons. The van der Waals surface area contributed by atoms with E-state index in [9.17, 15) is 9.59 Å². The number of fused-ring (bicyclic) bond motifs is 1. The Balaban J connectivity index is 1.90. The van der Waals surface area contributed by atoms with Crippen molar-refractivity contribution in [3.05, 3.63) is 65.2 Å². The van der Waals surface area contributed by atoms with E-state index in [1.807, 2.05) is 18.2 Å². The Morgan fingerprint density at radius 1 is 1.10 bits per heavy atom. The predicted molar refractivity (Wildman–Crippen MR) is 115 cm³/mol. The van der Waals surface area contributed by atoms with Crippen molar-refractivity contribution in [3.63, 3.8) is 0 Å². The third-order valence-corrected chi connectivity index (χ3v) is 4.68. The molecular weight excluding hydrogens is 386 g/mol. The summed E-state index contributed by atoms with van der Waals surface area (Å²) in [5.74, 6) is 1.28. The second-order valence-electron chi connectivity index (χ2n) is 6.45. The number of benzene rings is 2. The highest BCUT2D eigenvalue weighted by molar-refractivity contribution is 6.01. The first kappa shape index (κ1) is 20.9. The van der Waals surface area contributed by atoms with Crippen molar-refractivity contribution in [1.82, 2.24) is 9.55 Å². The standard InChI is InChI=1S/C22H23N3O5/c1-5-21(26)24-17-12-16-15(11-19(17)29-3)22(27)25(13-23-16)9-8-14-6-7-18(28-2)20(10-14)30-4/h5-7,10-13H,1,8-9H2,2-4H3,(H,24,26). The number of rotatable bonds is 8. The van der Waals surface area contributed by atoms with Crippen molar-refractivity contribution in [3.8, 4) is 17.2 Å². The highest BCUT2D eigenvalue weighted by Crippen LogP contribution is 2.29. The Labute approximate surface area is 173 Å². The third-order valence-electron chi connectivity index (χ3n) is 4.68. The van der Waals surface area contributed by atoms with Crippen LogP contribution in [-0.2, 0) is 17.8 Å². The lowest BCUT2D eigenvalue weighted by Gasteiger charge is -2.12. The molecule has 156 valence electrons. The van der Waals surface area contributed by atoms with Crippen molar-refractivity contribution in [2.24, 2.45) is 0 Å². The number of amides is 1. The summed E-state index contributed by atoms with van der Waals surface area (Å²) in [6.07, 6.45) is 3.26. The summed E-state index contributed by atoms with van der Waals surface area (Å²) in [5.41, 5.74) is 1.69. The van der Waals surface area contributed by atoms with Gasteiger partial charge < -0.3 is 19.5 Å². The number of aryl methyl sites for hydroxylation is 2. The minimum atomic E-state index is -0.379. The maximum atomic E-state index is 13.0. The van der Waals surface area contributed by atoms with Gasteiger partial charge in [0.2, 0.25) is 5.91 Å². The first-order chi connectivity index (χ1) is 14.5. The number of methoxy groups -OCH3 is 3. The van der Waals surface area contributed by atoms with E-state index in [2.05, 4.69) is 16.9 Å². The van der Waals surface area contributed by atoms with Crippen LogP contribution in [-0.4, -0.2) is 36.8 Å². The summed E-state index contributed by atoms with van der Waals surface area (Å²) in [6, 6.07) is 8.83. The predicted octanol–water partition coefficient (Wildman–Crippen LogP) is 2.79. The molecule has 8 nitrogen and oxygen atoms in total. The van der Waals surface area contributed by atoms with Crippen LogP contribution in [0.4, 0.5) is 5.69 Å². The minimum Gasteiger partial charge on any atom is -0.495 e. The topological polar surface area (TPSA) is 91.7 Å². The number of hydrogen-bond donors (Lipinski definition) is 1. The minimum absolute atomic E-state index is 0.194. The van der Waals surface area contributed by atoms with Gasteiger partial charge in [-0.25, -0.2) is 4.98 Å². The largest absolute Gasteiger partial charge is 0.495 e. The molecule has 0 unspecified atom stereocenters. The van der Waals surface area contributed by atoms with E-state index in [-0.39, 0.29) is 11.5 Å². The van der Waals surface area contributed by atoms with Gasteiger partial charge in [0.15, 0.2) is 11.5 Å². The van der Waals surface area contributed by atoms with E-state index in [0.29, 0.717) is 46.8 Å². The molecule has 30 heavy (non-hydrogen) atoms. The lowest BCUT2D eigenvalue weighted by Crippen LogP contribution is -2.22. The molecule has 3 rings (SSSR count). The molecule has 0 saturated carbocycles. The Hall–Kier alpha value is -3.81. The average Bonchev–Trinajstić information content (AvgIpc) is 2.78. The SMILES string of the molecule is C=CC(=O)Nc1cc2ncn(CCc3ccc(OC)c(OC)c3)c(=O)c2cc1OC. The summed E-state index contributed by atoms with van der Waals surface area (Å²) < 4.78 is 17.4. The number of carbonyl (C=O) groups excluding carboxylic acids is 1. The van der Waals surface area contributed by atoms with E-state index in [4.69, 9.17) is 14.2 Å². The fourth-order valence-electron chi connectivity index (χ4n) is 3.08. The van der Waals surface area contributed by atoms with Gasteiger partial charge in [0.25, 0.3) is 5.56 Å². The summed E-state index contributed by atoms with van der Waals surface area (Å²) in [5, 5.41) is 3.05. The van der Waals surface area contributed by atoms with Crippen molar-refractivity contribution in [1.29, 1.82) is 0 Å². The van der Waals surface area contributed by atoms with Crippen LogP contribution >= 0.6 is 0 Å². The Morgan fingerprint density at radius 3 is 2.50 bits per heavy atom. The highest BCUT2D eigenvalue weighted by Gasteiger charge is 2.12. The second-order valence-corrected chi connectivity index (χ2v) is 6.45.